The lowest BCUT2D eigenvalue weighted by atomic mass is 10.0. The molecule has 0 bridgehead atoms. The van der Waals surface area contributed by atoms with Crippen LogP contribution < -0.4 is 9.47 Å². The van der Waals surface area contributed by atoms with E-state index in [9.17, 15) is 5.11 Å². The van der Waals surface area contributed by atoms with E-state index in [1.165, 1.54) is 0 Å². The average molecular weight is 346 g/mol. The van der Waals surface area contributed by atoms with Crippen molar-refractivity contribution in [3.05, 3.63) is 53.1 Å². The maximum Gasteiger partial charge on any atom is 0.173 e. The maximum atomic E-state index is 9.84. The molecule has 1 N–H and O–H groups in total. The SMILES string of the molecule is COc1cc(OC)cc(-c2onc(-c3cccc(Cl)c3)c2CO)c1. The fraction of sp³-hybridized carbons (Fsp3) is 0.167. The van der Waals surface area contributed by atoms with Crippen LogP contribution >= 0.6 is 11.6 Å². The van der Waals surface area contributed by atoms with Crippen molar-refractivity contribution in [2.45, 2.75) is 6.61 Å². The second kappa shape index (κ2) is 6.95. The monoisotopic (exact) mass is 345 g/mol. The van der Waals surface area contributed by atoms with Gasteiger partial charge < -0.3 is 19.1 Å². The largest absolute Gasteiger partial charge is 0.497 e. The highest BCUT2D eigenvalue weighted by molar-refractivity contribution is 6.30. The summed E-state index contributed by atoms with van der Waals surface area (Å²) in [6, 6.07) is 12.6. The number of hydrogen-bond donors (Lipinski definition) is 1. The van der Waals surface area contributed by atoms with Gasteiger partial charge in [-0.05, 0) is 24.3 Å². The molecule has 0 atom stereocenters. The number of halogens is 1. The van der Waals surface area contributed by atoms with E-state index in [0.717, 1.165) is 5.56 Å². The molecule has 3 rings (SSSR count). The van der Waals surface area contributed by atoms with E-state index in [1.807, 2.05) is 12.1 Å². The number of benzene rings is 2. The van der Waals surface area contributed by atoms with E-state index < -0.39 is 0 Å². The number of hydrogen-bond acceptors (Lipinski definition) is 5. The molecule has 1 heterocycles. The van der Waals surface area contributed by atoms with Crippen LogP contribution in [-0.2, 0) is 6.61 Å². The molecule has 3 aromatic rings. The zero-order chi connectivity index (χ0) is 17.1. The van der Waals surface area contributed by atoms with Gasteiger partial charge in [0.2, 0.25) is 0 Å². The normalized spacial score (nSPS) is 10.7. The third-order valence-electron chi connectivity index (χ3n) is 3.66. The Hall–Kier alpha value is -2.50. The van der Waals surface area contributed by atoms with Gasteiger partial charge in [0.25, 0.3) is 0 Å². The van der Waals surface area contributed by atoms with Gasteiger partial charge >= 0.3 is 0 Å². The van der Waals surface area contributed by atoms with Gasteiger partial charge in [-0.3, -0.25) is 0 Å². The summed E-state index contributed by atoms with van der Waals surface area (Å²) in [5.74, 6) is 1.70. The van der Waals surface area contributed by atoms with Gasteiger partial charge in [-0.25, -0.2) is 0 Å². The molecule has 5 nitrogen and oxygen atoms in total. The number of aromatic nitrogens is 1. The zero-order valence-corrected chi connectivity index (χ0v) is 14.0. The van der Waals surface area contributed by atoms with Gasteiger partial charge in [-0.2, -0.15) is 0 Å². The van der Waals surface area contributed by atoms with Crippen LogP contribution in [0.2, 0.25) is 5.02 Å². The molecule has 0 amide bonds. The van der Waals surface area contributed by atoms with Crippen LogP contribution in [0.1, 0.15) is 5.56 Å². The van der Waals surface area contributed by atoms with E-state index in [2.05, 4.69) is 5.16 Å². The van der Waals surface area contributed by atoms with Crippen molar-refractivity contribution in [1.82, 2.24) is 5.16 Å². The molecular formula is C18H16ClNO4. The predicted molar refractivity (Wildman–Crippen MR) is 91.4 cm³/mol. The number of aliphatic hydroxyl groups excluding tert-OH is 1. The number of rotatable bonds is 5. The molecule has 0 unspecified atom stereocenters. The summed E-state index contributed by atoms with van der Waals surface area (Å²) < 4.78 is 16.1. The summed E-state index contributed by atoms with van der Waals surface area (Å²) in [7, 11) is 3.15. The van der Waals surface area contributed by atoms with Crippen LogP contribution in [0.15, 0.2) is 47.0 Å². The van der Waals surface area contributed by atoms with Crippen molar-refractivity contribution in [2.24, 2.45) is 0 Å². The Morgan fingerprint density at radius 3 is 2.33 bits per heavy atom. The first-order chi connectivity index (χ1) is 11.7. The van der Waals surface area contributed by atoms with Gasteiger partial charge in [0.15, 0.2) is 5.76 Å². The molecule has 0 radical (unpaired) electrons. The fourth-order valence-electron chi connectivity index (χ4n) is 2.48. The first kappa shape index (κ1) is 16.4. The van der Waals surface area contributed by atoms with Crippen LogP contribution in [0.5, 0.6) is 11.5 Å². The highest BCUT2D eigenvalue weighted by Gasteiger charge is 2.19. The average Bonchev–Trinajstić information content (AvgIpc) is 3.05. The van der Waals surface area contributed by atoms with E-state index in [4.69, 9.17) is 25.6 Å². The Morgan fingerprint density at radius 1 is 1.04 bits per heavy atom. The van der Waals surface area contributed by atoms with Crippen LogP contribution in [-0.4, -0.2) is 24.5 Å². The van der Waals surface area contributed by atoms with Crippen molar-refractivity contribution >= 4 is 11.6 Å². The lowest BCUT2D eigenvalue weighted by Gasteiger charge is -2.07. The molecule has 6 heteroatoms. The number of ether oxygens (including phenoxy) is 2. The number of aliphatic hydroxyl groups is 1. The van der Waals surface area contributed by atoms with Crippen LogP contribution in [0.4, 0.5) is 0 Å². The smallest absolute Gasteiger partial charge is 0.173 e. The number of nitrogens with zero attached hydrogens (tertiary/aromatic N) is 1. The van der Waals surface area contributed by atoms with Crippen molar-refractivity contribution in [1.29, 1.82) is 0 Å². The van der Waals surface area contributed by atoms with Crippen LogP contribution in [0, 0.1) is 0 Å². The minimum absolute atomic E-state index is 0.222. The van der Waals surface area contributed by atoms with Gasteiger partial charge in [0, 0.05) is 22.2 Å². The lowest BCUT2D eigenvalue weighted by Crippen LogP contribution is -1.92. The summed E-state index contributed by atoms with van der Waals surface area (Å²) in [6.45, 7) is -0.222. The molecule has 0 aliphatic heterocycles. The minimum atomic E-state index is -0.222. The van der Waals surface area contributed by atoms with Crippen molar-refractivity contribution in [3.63, 3.8) is 0 Å². The summed E-state index contributed by atoms with van der Waals surface area (Å²) in [6.07, 6.45) is 0. The Balaban J connectivity index is 2.13. The predicted octanol–water partition coefficient (Wildman–Crippen LogP) is 4.17. The van der Waals surface area contributed by atoms with Gasteiger partial charge in [0.05, 0.1) is 26.4 Å². The Morgan fingerprint density at radius 2 is 1.75 bits per heavy atom. The summed E-state index contributed by atoms with van der Waals surface area (Å²) in [4.78, 5) is 0. The highest BCUT2D eigenvalue weighted by atomic mass is 35.5. The number of methoxy groups -OCH3 is 2. The molecule has 0 spiro atoms. The van der Waals surface area contributed by atoms with E-state index >= 15 is 0 Å². The molecule has 2 aromatic carbocycles. The molecule has 0 saturated heterocycles. The van der Waals surface area contributed by atoms with Crippen LogP contribution in [0.3, 0.4) is 0 Å². The van der Waals surface area contributed by atoms with Crippen molar-refractivity contribution in [2.75, 3.05) is 14.2 Å². The second-order valence-corrected chi connectivity index (χ2v) is 5.55. The first-order valence-electron chi connectivity index (χ1n) is 7.25. The summed E-state index contributed by atoms with van der Waals surface area (Å²) in [5.41, 5.74) is 2.61. The minimum Gasteiger partial charge on any atom is -0.497 e. The molecule has 24 heavy (non-hydrogen) atoms. The topological polar surface area (TPSA) is 64.7 Å². The Labute approximate surface area is 144 Å². The Kier molecular flexibility index (Phi) is 4.74. The molecule has 0 aliphatic rings. The lowest BCUT2D eigenvalue weighted by molar-refractivity contribution is 0.281. The summed E-state index contributed by atoms with van der Waals surface area (Å²) in [5, 5.41) is 14.5. The summed E-state index contributed by atoms with van der Waals surface area (Å²) >= 11 is 6.04. The maximum absolute atomic E-state index is 9.84. The fourth-order valence-corrected chi connectivity index (χ4v) is 2.67. The van der Waals surface area contributed by atoms with E-state index in [1.54, 1.807) is 44.6 Å². The van der Waals surface area contributed by atoms with E-state index in [0.29, 0.717) is 39.1 Å². The first-order valence-corrected chi connectivity index (χ1v) is 7.63. The molecule has 0 aliphatic carbocycles. The van der Waals surface area contributed by atoms with Crippen molar-refractivity contribution in [3.8, 4) is 34.1 Å². The van der Waals surface area contributed by atoms with Crippen LogP contribution in [0.25, 0.3) is 22.6 Å². The molecule has 124 valence electrons. The second-order valence-electron chi connectivity index (χ2n) is 5.11. The van der Waals surface area contributed by atoms with Gasteiger partial charge in [0.1, 0.15) is 17.2 Å². The van der Waals surface area contributed by atoms with E-state index in [-0.39, 0.29) is 6.61 Å². The highest BCUT2D eigenvalue weighted by Crippen LogP contribution is 2.36. The third-order valence-corrected chi connectivity index (χ3v) is 3.89. The molecule has 1 aromatic heterocycles. The Bertz CT molecular complexity index is 838. The zero-order valence-electron chi connectivity index (χ0n) is 13.2. The molecular weight excluding hydrogens is 330 g/mol. The van der Waals surface area contributed by atoms with Crippen molar-refractivity contribution < 1.29 is 19.1 Å². The molecule has 0 fully saturated rings. The standard InChI is InChI=1S/C18H16ClNO4/c1-22-14-7-12(8-15(9-14)23-2)18-16(10-21)17(20-24-18)11-4-3-5-13(19)6-11/h3-9,21H,10H2,1-2H3. The third kappa shape index (κ3) is 3.09. The quantitative estimate of drug-likeness (QED) is 0.751. The van der Waals surface area contributed by atoms with Gasteiger partial charge in [-0.1, -0.05) is 28.9 Å². The van der Waals surface area contributed by atoms with Gasteiger partial charge in [-0.15, -0.1) is 0 Å². The molecule has 0 saturated carbocycles.